The summed E-state index contributed by atoms with van der Waals surface area (Å²) in [7, 11) is 0. The van der Waals surface area contributed by atoms with E-state index in [0.29, 0.717) is 18.6 Å². The summed E-state index contributed by atoms with van der Waals surface area (Å²) < 4.78 is 2.13. The molecule has 2 bridgehead atoms. The maximum Gasteiger partial charge on any atom is 0.229 e. The minimum atomic E-state index is 0.270. The summed E-state index contributed by atoms with van der Waals surface area (Å²) in [6.07, 6.45) is 5.05. The number of fused-ring (bicyclic) bond motifs is 3. The lowest BCUT2D eigenvalue weighted by Gasteiger charge is -2.31. The summed E-state index contributed by atoms with van der Waals surface area (Å²) in [6, 6.07) is 10.5. The average Bonchev–Trinajstić information content (AvgIpc) is 3.59. The molecule has 2 atom stereocenters. The van der Waals surface area contributed by atoms with Gasteiger partial charge in [-0.15, -0.1) is 0 Å². The topological polar surface area (TPSA) is 100 Å². The number of benzene rings is 1. The van der Waals surface area contributed by atoms with Crippen molar-refractivity contribution < 1.29 is 0 Å². The second kappa shape index (κ2) is 8.70. The van der Waals surface area contributed by atoms with E-state index in [4.69, 9.17) is 20.7 Å². The van der Waals surface area contributed by atoms with Crippen molar-refractivity contribution in [1.82, 2.24) is 24.8 Å². The number of rotatable bonds is 6. The lowest BCUT2D eigenvalue weighted by atomic mass is 10.1. The maximum absolute atomic E-state index is 6.14. The van der Waals surface area contributed by atoms with Crippen LogP contribution >= 0.6 is 0 Å². The smallest absolute Gasteiger partial charge is 0.229 e. The highest BCUT2D eigenvalue weighted by molar-refractivity contribution is 5.84. The largest absolute Gasteiger partial charge is 0.365 e. The van der Waals surface area contributed by atoms with Crippen LogP contribution in [0.1, 0.15) is 44.7 Å². The van der Waals surface area contributed by atoms with Crippen molar-refractivity contribution in [3.05, 3.63) is 36.2 Å². The molecule has 3 aromatic rings. The first-order valence-electron chi connectivity index (χ1n) is 12.6. The molecule has 9 nitrogen and oxygen atoms in total. The third-order valence-corrected chi connectivity index (χ3v) is 7.59. The van der Waals surface area contributed by atoms with Crippen LogP contribution < -0.4 is 26.2 Å². The molecule has 1 aromatic carbocycles. The minimum absolute atomic E-state index is 0.270. The molecular formula is C25H35N9. The molecule has 0 saturated carbocycles. The zero-order valence-corrected chi connectivity index (χ0v) is 20.1. The zero-order chi connectivity index (χ0) is 23.2. The third-order valence-electron chi connectivity index (χ3n) is 7.59. The van der Waals surface area contributed by atoms with Crippen molar-refractivity contribution in [3.8, 4) is 0 Å². The van der Waals surface area contributed by atoms with Gasteiger partial charge in [0.25, 0.3) is 0 Å². The van der Waals surface area contributed by atoms with E-state index in [0.717, 1.165) is 62.0 Å². The normalized spacial score (nSPS) is 22.9. The Morgan fingerprint density at radius 2 is 2.00 bits per heavy atom. The molecule has 180 valence electrons. The van der Waals surface area contributed by atoms with Gasteiger partial charge in [0.05, 0.1) is 6.33 Å². The Hall–Kier alpha value is -2.91. The highest BCUT2D eigenvalue weighted by atomic mass is 15.3. The van der Waals surface area contributed by atoms with Crippen LogP contribution in [0.25, 0.3) is 11.2 Å². The van der Waals surface area contributed by atoms with Crippen LogP contribution in [-0.2, 0) is 6.54 Å². The van der Waals surface area contributed by atoms with Gasteiger partial charge in [-0.3, -0.25) is 0 Å². The minimum Gasteiger partial charge on any atom is -0.365 e. The van der Waals surface area contributed by atoms with Crippen LogP contribution in [0.2, 0.25) is 0 Å². The van der Waals surface area contributed by atoms with Crippen LogP contribution in [0, 0.1) is 0 Å². The number of nitrogens with two attached hydrogens (primary N) is 1. The number of aromatic nitrogens is 4. The second-order valence-corrected chi connectivity index (χ2v) is 10.2. The fraction of sp³-hybridized carbons (Fsp3) is 0.560. The fourth-order valence-corrected chi connectivity index (χ4v) is 5.62. The average molecular weight is 462 g/mol. The van der Waals surface area contributed by atoms with E-state index in [1.807, 2.05) is 6.33 Å². The molecule has 2 aromatic heterocycles. The van der Waals surface area contributed by atoms with Gasteiger partial charge in [0, 0.05) is 62.6 Å². The molecular weight excluding hydrogens is 426 g/mol. The molecule has 0 amide bonds. The first-order valence-corrected chi connectivity index (χ1v) is 12.6. The van der Waals surface area contributed by atoms with Gasteiger partial charge in [0.1, 0.15) is 0 Å². The van der Waals surface area contributed by atoms with Crippen molar-refractivity contribution in [2.24, 2.45) is 5.73 Å². The van der Waals surface area contributed by atoms with Crippen LogP contribution in [0.4, 0.5) is 17.5 Å². The van der Waals surface area contributed by atoms with E-state index in [9.17, 15) is 0 Å². The first-order chi connectivity index (χ1) is 16.6. The highest BCUT2D eigenvalue weighted by Crippen LogP contribution is 2.33. The summed E-state index contributed by atoms with van der Waals surface area (Å²) in [5.74, 6) is 1.56. The maximum atomic E-state index is 6.14. The zero-order valence-electron chi connectivity index (χ0n) is 20.1. The number of hydrogen-bond acceptors (Lipinski definition) is 8. The summed E-state index contributed by atoms with van der Waals surface area (Å²) in [6.45, 7) is 8.94. The number of piperidine rings is 1. The van der Waals surface area contributed by atoms with E-state index in [1.54, 1.807) is 0 Å². The van der Waals surface area contributed by atoms with E-state index in [-0.39, 0.29) is 12.1 Å². The quantitative estimate of drug-likeness (QED) is 0.515. The van der Waals surface area contributed by atoms with Gasteiger partial charge in [-0.25, -0.2) is 4.98 Å². The summed E-state index contributed by atoms with van der Waals surface area (Å²) in [5, 5.41) is 7.24. The van der Waals surface area contributed by atoms with Crippen molar-refractivity contribution in [2.45, 2.75) is 63.8 Å². The van der Waals surface area contributed by atoms with Crippen LogP contribution in [-0.4, -0.2) is 63.8 Å². The molecule has 0 aliphatic carbocycles. The number of anilines is 3. The number of para-hydroxylation sites is 1. The summed E-state index contributed by atoms with van der Waals surface area (Å²) in [5.41, 5.74) is 10.5. The van der Waals surface area contributed by atoms with Gasteiger partial charge < -0.3 is 30.7 Å². The standard InChI is InChI=1S/C25H35N9/c1-16(2)34-15-29-22-23(30-25(31-24(22)34)32-9-7-18(26)8-10-32)28-12-17-5-3-4-6-21(17)33-14-19-11-20(33)13-27-19/h3-6,15-16,18-20,27H,7-14,26H2,1-2H3,(H,28,30,31). The molecule has 6 rings (SSSR count). The monoisotopic (exact) mass is 461 g/mol. The fourth-order valence-electron chi connectivity index (χ4n) is 5.62. The Bertz CT molecular complexity index is 1160. The highest BCUT2D eigenvalue weighted by Gasteiger charge is 2.38. The van der Waals surface area contributed by atoms with E-state index in [2.05, 4.69) is 63.1 Å². The van der Waals surface area contributed by atoms with Crippen molar-refractivity contribution in [3.63, 3.8) is 0 Å². The van der Waals surface area contributed by atoms with Crippen LogP contribution in [0.3, 0.4) is 0 Å². The van der Waals surface area contributed by atoms with Gasteiger partial charge >= 0.3 is 0 Å². The molecule has 3 saturated heterocycles. The van der Waals surface area contributed by atoms with Gasteiger partial charge in [-0.05, 0) is 44.7 Å². The molecule has 3 aliphatic heterocycles. The molecule has 2 unspecified atom stereocenters. The Labute approximate surface area is 200 Å². The number of nitrogens with one attached hydrogen (secondary N) is 2. The second-order valence-electron chi connectivity index (χ2n) is 10.2. The van der Waals surface area contributed by atoms with Crippen molar-refractivity contribution >= 4 is 28.6 Å². The number of piperazine rings is 1. The van der Waals surface area contributed by atoms with Crippen LogP contribution in [0.5, 0.6) is 0 Å². The molecule has 4 N–H and O–H groups in total. The van der Waals surface area contributed by atoms with E-state index >= 15 is 0 Å². The molecule has 3 aliphatic rings. The molecule has 34 heavy (non-hydrogen) atoms. The number of hydrogen-bond donors (Lipinski definition) is 3. The summed E-state index contributed by atoms with van der Waals surface area (Å²) in [4.78, 5) is 19.4. The summed E-state index contributed by atoms with van der Waals surface area (Å²) >= 11 is 0. The number of imidazole rings is 1. The van der Waals surface area contributed by atoms with Gasteiger partial charge in [-0.1, -0.05) is 18.2 Å². The Kier molecular flexibility index (Phi) is 5.53. The first kappa shape index (κ1) is 21.6. The van der Waals surface area contributed by atoms with E-state index in [1.165, 1.54) is 17.7 Å². The van der Waals surface area contributed by atoms with E-state index < -0.39 is 0 Å². The Balaban J connectivity index is 1.31. The number of nitrogens with zero attached hydrogens (tertiary/aromatic N) is 6. The van der Waals surface area contributed by atoms with Gasteiger partial charge in [-0.2, -0.15) is 9.97 Å². The van der Waals surface area contributed by atoms with Crippen molar-refractivity contribution in [2.75, 3.05) is 41.3 Å². The predicted molar refractivity (Wildman–Crippen MR) is 136 cm³/mol. The Morgan fingerprint density at radius 3 is 2.74 bits per heavy atom. The SMILES string of the molecule is CC(C)n1cnc2c(NCc3ccccc3N3CC4CC3CN4)nc(N3CCC(N)CC3)nc21. The van der Waals surface area contributed by atoms with Gasteiger partial charge in [0.2, 0.25) is 5.95 Å². The van der Waals surface area contributed by atoms with Crippen LogP contribution in [0.15, 0.2) is 30.6 Å². The van der Waals surface area contributed by atoms with Crippen molar-refractivity contribution in [1.29, 1.82) is 0 Å². The third kappa shape index (κ3) is 3.86. The molecule has 9 heteroatoms. The molecule has 0 radical (unpaired) electrons. The Morgan fingerprint density at radius 1 is 1.18 bits per heavy atom. The molecule has 3 fully saturated rings. The van der Waals surface area contributed by atoms with Gasteiger partial charge in [0.15, 0.2) is 17.0 Å². The molecule has 0 spiro atoms. The predicted octanol–water partition coefficient (Wildman–Crippen LogP) is 2.50. The lowest BCUT2D eigenvalue weighted by molar-refractivity contribution is 0.495. The lowest BCUT2D eigenvalue weighted by Crippen LogP contribution is -2.44. The molecule has 5 heterocycles.